The average Bonchev–Trinajstić information content (AvgIpc) is 2.47. The van der Waals surface area contributed by atoms with Gasteiger partial charge in [0.2, 0.25) is 5.91 Å². The van der Waals surface area contributed by atoms with Crippen LogP contribution in [0.4, 0.5) is 0 Å². The van der Waals surface area contributed by atoms with Crippen molar-refractivity contribution in [2.45, 2.75) is 19.4 Å². The summed E-state index contributed by atoms with van der Waals surface area (Å²) in [5.74, 6) is 0.0982. The van der Waals surface area contributed by atoms with Gasteiger partial charge in [-0.2, -0.15) is 0 Å². The molecule has 112 valence electrons. The Bertz CT molecular complexity index is 691. The first-order valence-electron chi connectivity index (χ1n) is 7.04. The zero-order valence-corrected chi connectivity index (χ0v) is 12.6. The van der Waals surface area contributed by atoms with Crippen LogP contribution in [0.15, 0.2) is 35.3 Å². The lowest BCUT2D eigenvalue weighted by Crippen LogP contribution is -2.28. The molecular formula is C16H21N3O2. The molecule has 1 unspecified atom stereocenters. The molecule has 0 bridgehead atoms. The van der Waals surface area contributed by atoms with Crippen molar-refractivity contribution >= 4 is 16.7 Å². The van der Waals surface area contributed by atoms with Gasteiger partial charge in [-0.3, -0.25) is 9.59 Å². The maximum absolute atomic E-state index is 11.8. The van der Waals surface area contributed by atoms with E-state index in [9.17, 15) is 9.59 Å². The Balaban J connectivity index is 2.13. The second-order valence-electron chi connectivity index (χ2n) is 5.33. The van der Waals surface area contributed by atoms with Gasteiger partial charge >= 0.3 is 0 Å². The van der Waals surface area contributed by atoms with Gasteiger partial charge in [0.05, 0.1) is 0 Å². The molecule has 0 radical (unpaired) electrons. The van der Waals surface area contributed by atoms with Gasteiger partial charge in [0, 0.05) is 44.7 Å². The molecule has 0 fully saturated rings. The normalized spacial score (nSPS) is 12.3. The van der Waals surface area contributed by atoms with Crippen LogP contribution in [0.25, 0.3) is 10.8 Å². The topological polar surface area (TPSA) is 65.2 Å². The summed E-state index contributed by atoms with van der Waals surface area (Å²) in [5.41, 5.74) is 0.951. The molecule has 0 saturated carbocycles. The quantitative estimate of drug-likeness (QED) is 0.879. The standard InChI is InChI=1S/C16H21N3O2/c1-11(17-9-8-15(20)19(2)3)14-10-18-16(21)13-7-5-4-6-12(13)14/h4-7,10-11,17H,8-9H2,1-3H3,(H,18,21). The van der Waals surface area contributed by atoms with E-state index < -0.39 is 0 Å². The summed E-state index contributed by atoms with van der Waals surface area (Å²) < 4.78 is 0. The minimum absolute atomic E-state index is 0.0571. The maximum atomic E-state index is 11.8. The van der Waals surface area contributed by atoms with E-state index in [1.54, 1.807) is 25.2 Å². The van der Waals surface area contributed by atoms with E-state index in [1.165, 1.54) is 0 Å². The van der Waals surface area contributed by atoms with Crippen molar-refractivity contribution in [3.8, 4) is 0 Å². The van der Waals surface area contributed by atoms with Gasteiger partial charge in [0.25, 0.3) is 5.56 Å². The lowest BCUT2D eigenvalue weighted by molar-refractivity contribution is -0.128. The number of carbonyl (C=O) groups excluding carboxylic acids is 1. The van der Waals surface area contributed by atoms with Gasteiger partial charge in [0.1, 0.15) is 0 Å². The van der Waals surface area contributed by atoms with Crippen molar-refractivity contribution in [2.75, 3.05) is 20.6 Å². The highest BCUT2D eigenvalue weighted by molar-refractivity contribution is 5.84. The first kappa shape index (κ1) is 15.3. The van der Waals surface area contributed by atoms with Crippen LogP contribution in [0.5, 0.6) is 0 Å². The summed E-state index contributed by atoms with van der Waals surface area (Å²) in [4.78, 5) is 27.7. The second kappa shape index (κ2) is 6.54. The number of hydrogen-bond donors (Lipinski definition) is 2. The van der Waals surface area contributed by atoms with E-state index in [0.29, 0.717) is 18.4 Å². The third-order valence-electron chi connectivity index (χ3n) is 3.60. The van der Waals surface area contributed by atoms with Crippen LogP contribution in [-0.4, -0.2) is 36.4 Å². The van der Waals surface area contributed by atoms with Crippen LogP contribution in [0.3, 0.4) is 0 Å². The Morgan fingerprint density at radius 1 is 1.29 bits per heavy atom. The van der Waals surface area contributed by atoms with Crippen LogP contribution in [0.1, 0.15) is 24.9 Å². The number of nitrogens with one attached hydrogen (secondary N) is 2. The fourth-order valence-corrected chi connectivity index (χ4v) is 2.32. The lowest BCUT2D eigenvalue weighted by Gasteiger charge is -2.17. The third-order valence-corrected chi connectivity index (χ3v) is 3.60. The molecule has 0 aliphatic heterocycles. The van der Waals surface area contributed by atoms with E-state index in [0.717, 1.165) is 10.9 Å². The number of hydrogen-bond acceptors (Lipinski definition) is 3. The van der Waals surface area contributed by atoms with Gasteiger partial charge in [-0.05, 0) is 23.9 Å². The number of aromatic nitrogens is 1. The smallest absolute Gasteiger partial charge is 0.255 e. The molecule has 5 nitrogen and oxygen atoms in total. The van der Waals surface area contributed by atoms with E-state index in [-0.39, 0.29) is 17.5 Å². The number of benzene rings is 1. The molecule has 0 aliphatic rings. The summed E-state index contributed by atoms with van der Waals surface area (Å²) in [5, 5.41) is 4.96. The number of H-pyrrole nitrogens is 1. The van der Waals surface area contributed by atoms with Gasteiger partial charge < -0.3 is 15.2 Å². The molecule has 1 aromatic heterocycles. The summed E-state index contributed by atoms with van der Waals surface area (Å²) >= 11 is 0. The zero-order chi connectivity index (χ0) is 15.4. The molecule has 1 amide bonds. The molecule has 2 N–H and O–H groups in total. The molecule has 5 heteroatoms. The highest BCUT2D eigenvalue weighted by Gasteiger charge is 2.11. The van der Waals surface area contributed by atoms with Crippen LogP contribution < -0.4 is 10.9 Å². The van der Waals surface area contributed by atoms with Crippen molar-refractivity contribution in [3.63, 3.8) is 0 Å². The summed E-state index contributed by atoms with van der Waals surface area (Å²) in [6, 6.07) is 7.60. The van der Waals surface area contributed by atoms with Crippen molar-refractivity contribution in [1.82, 2.24) is 15.2 Å². The van der Waals surface area contributed by atoms with Crippen LogP contribution in [0.2, 0.25) is 0 Å². The average molecular weight is 287 g/mol. The van der Waals surface area contributed by atoms with Crippen molar-refractivity contribution in [2.24, 2.45) is 0 Å². The molecule has 1 aromatic carbocycles. The summed E-state index contributed by atoms with van der Waals surface area (Å²) in [6.45, 7) is 2.63. The SMILES string of the molecule is CC(NCCC(=O)N(C)C)c1c[nH]c(=O)c2ccccc12. The van der Waals surface area contributed by atoms with E-state index >= 15 is 0 Å². The predicted octanol–water partition coefficient (Wildman–Crippen LogP) is 1.66. The zero-order valence-electron chi connectivity index (χ0n) is 12.6. The number of nitrogens with zero attached hydrogens (tertiary/aromatic N) is 1. The Morgan fingerprint density at radius 2 is 1.95 bits per heavy atom. The second-order valence-corrected chi connectivity index (χ2v) is 5.33. The highest BCUT2D eigenvalue weighted by atomic mass is 16.2. The molecule has 1 atom stereocenters. The molecule has 21 heavy (non-hydrogen) atoms. The number of fused-ring (bicyclic) bond motifs is 1. The van der Waals surface area contributed by atoms with Crippen molar-refractivity contribution < 1.29 is 4.79 Å². The van der Waals surface area contributed by atoms with Gasteiger partial charge in [-0.1, -0.05) is 18.2 Å². The van der Waals surface area contributed by atoms with Crippen LogP contribution in [-0.2, 0) is 4.79 Å². The molecule has 0 saturated heterocycles. The Morgan fingerprint density at radius 3 is 2.62 bits per heavy atom. The number of aromatic amines is 1. The Hall–Kier alpha value is -2.14. The first-order valence-corrected chi connectivity index (χ1v) is 7.04. The molecule has 2 aromatic rings. The van der Waals surface area contributed by atoms with E-state index in [1.807, 2.05) is 31.2 Å². The maximum Gasteiger partial charge on any atom is 0.255 e. The molecule has 2 rings (SSSR count). The molecule has 1 heterocycles. The number of carbonyl (C=O) groups is 1. The largest absolute Gasteiger partial charge is 0.349 e. The van der Waals surface area contributed by atoms with Gasteiger partial charge in [-0.25, -0.2) is 0 Å². The summed E-state index contributed by atoms with van der Waals surface area (Å²) in [7, 11) is 3.50. The Labute approximate surface area is 124 Å². The number of amides is 1. The lowest BCUT2D eigenvalue weighted by atomic mass is 10.0. The van der Waals surface area contributed by atoms with Crippen molar-refractivity contribution in [1.29, 1.82) is 0 Å². The Kier molecular flexibility index (Phi) is 4.75. The van der Waals surface area contributed by atoms with E-state index in [2.05, 4.69) is 10.3 Å². The molecule has 0 spiro atoms. The van der Waals surface area contributed by atoms with Crippen molar-refractivity contribution in [3.05, 3.63) is 46.4 Å². The van der Waals surface area contributed by atoms with Gasteiger partial charge in [-0.15, -0.1) is 0 Å². The monoisotopic (exact) mass is 287 g/mol. The van der Waals surface area contributed by atoms with E-state index in [4.69, 9.17) is 0 Å². The highest BCUT2D eigenvalue weighted by Crippen LogP contribution is 2.20. The molecular weight excluding hydrogens is 266 g/mol. The predicted molar refractivity (Wildman–Crippen MR) is 84.3 cm³/mol. The molecule has 0 aliphatic carbocycles. The number of rotatable bonds is 5. The minimum atomic E-state index is -0.0793. The third kappa shape index (κ3) is 3.49. The summed E-state index contributed by atoms with van der Waals surface area (Å²) in [6.07, 6.45) is 2.20. The van der Waals surface area contributed by atoms with Crippen LogP contribution in [0, 0.1) is 0 Å². The van der Waals surface area contributed by atoms with Gasteiger partial charge in [0.15, 0.2) is 0 Å². The van der Waals surface area contributed by atoms with Crippen LogP contribution >= 0.6 is 0 Å². The fraction of sp³-hybridized carbons (Fsp3) is 0.375. The minimum Gasteiger partial charge on any atom is -0.349 e. The fourth-order valence-electron chi connectivity index (χ4n) is 2.32. The first-order chi connectivity index (χ1) is 10.0. The number of pyridine rings is 1.